The molecule has 1 aromatic heterocycles. The summed E-state index contributed by atoms with van der Waals surface area (Å²) >= 11 is 0. The van der Waals surface area contributed by atoms with Crippen LogP contribution in [0.1, 0.15) is 38.2 Å². The normalized spacial score (nSPS) is 34.3. The second-order valence-corrected chi connectivity index (χ2v) is 10.1. The van der Waals surface area contributed by atoms with Crippen LogP contribution in [0.25, 0.3) is 11.0 Å². The number of aromatic nitrogens is 2. The van der Waals surface area contributed by atoms with Crippen LogP contribution in [0.3, 0.4) is 0 Å². The highest BCUT2D eigenvalue weighted by molar-refractivity contribution is 5.81. The fourth-order valence-corrected chi connectivity index (χ4v) is 6.32. The Morgan fingerprint density at radius 1 is 1.09 bits per heavy atom. The van der Waals surface area contributed by atoms with E-state index in [0.29, 0.717) is 17.9 Å². The van der Waals surface area contributed by atoms with E-state index in [2.05, 4.69) is 61.1 Å². The third-order valence-corrected chi connectivity index (χ3v) is 7.99. The Labute approximate surface area is 189 Å². The van der Waals surface area contributed by atoms with E-state index in [-0.39, 0.29) is 24.2 Å². The first-order valence-corrected chi connectivity index (χ1v) is 12.2. The van der Waals surface area contributed by atoms with Crippen LogP contribution in [0.5, 0.6) is 0 Å². The van der Waals surface area contributed by atoms with Crippen molar-refractivity contribution in [3.8, 4) is 0 Å². The van der Waals surface area contributed by atoms with E-state index in [1.54, 1.807) is 12.4 Å². The van der Waals surface area contributed by atoms with Gasteiger partial charge in [-0.3, -0.25) is 30.4 Å². The number of hydrogen-bond donors (Lipinski definition) is 3. The third-order valence-electron chi connectivity index (χ3n) is 7.99. The second kappa shape index (κ2) is 8.33. The highest BCUT2D eigenvalue weighted by atomic mass is 16.2. The first-order valence-electron chi connectivity index (χ1n) is 12.2. The van der Waals surface area contributed by atoms with Gasteiger partial charge < -0.3 is 5.32 Å². The van der Waals surface area contributed by atoms with Gasteiger partial charge in [-0.1, -0.05) is 25.8 Å². The van der Waals surface area contributed by atoms with Gasteiger partial charge in [-0.15, -0.1) is 0 Å². The number of likely N-dealkylation sites (tertiary alicyclic amines) is 1. The van der Waals surface area contributed by atoms with Gasteiger partial charge in [0, 0.05) is 50.5 Å². The fourth-order valence-electron chi connectivity index (χ4n) is 6.32. The molecule has 3 aliphatic heterocycles. The molecule has 5 atom stereocenters. The van der Waals surface area contributed by atoms with Crippen LogP contribution in [-0.2, 0) is 11.3 Å². The van der Waals surface area contributed by atoms with Crippen molar-refractivity contribution in [2.45, 2.75) is 57.5 Å². The third kappa shape index (κ3) is 3.69. The maximum Gasteiger partial charge on any atom is 0.228 e. The molecule has 4 aliphatic rings. The summed E-state index contributed by atoms with van der Waals surface area (Å²) in [6.45, 7) is 5.97. The maximum absolute atomic E-state index is 13.0. The standard InChI is InChI=1S/C24H33N7O/c1-15-12-30(13-16-6-7-20-21(10-16)26-9-8-25-20)14-19(15)22-28-23-18(24(32)29-22)11-27-31(23)17-4-2-3-5-17/h6-10,15,17-19,22-23,27-28H,2-5,11-14H2,1H3,(H,29,32). The molecule has 3 N–H and O–H groups in total. The largest absolute Gasteiger partial charge is 0.340 e. The minimum absolute atomic E-state index is 0.00151. The highest BCUT2D eigenvalue weighted by Gasteiger charge is 2.49. The zero-order valence-corrected chi connectivity index (χ0v) is 18.7. The predicted molar refractivity (Wildman–Crippen MR) is 122 cm³/mol. The Balaban J connectivity index is 1.14. The minimum Gasteiger partial charge on any atom is -0.340 e. The molecule has 8 heteroatoms. The lowest BCUT2D eigenvalue weighted by Crippen LogP contribution is -2.67. The summed E-state index contributed by atoms with van der Waals surface area (Å²) in [6, 6.07) is 6.92. The minimum atomic E-state index is -0.00151. The van der Waals surface area contributed by atoms with E-state index < -0.39 is 0 Å². The smallest absolute Gasteiger partial charge is 0.228 e. The summed E-state index contributed by atoms with van der Waals surface area (Å²) in [5, 5.41) is 9.53. The van der Waals surface area contributed by atoms with Gasteiger partial charge in [0.15, 0.2) is 0 Å². The molecule has 4 heterocycles. The van der Waals surface area contributed by atoms with Gasteiger partial charge in [0.1, 0.15) is 0 Å². The lowest BCUT2D eigenvalue weighted by atomic mass is 9.91. The number of carbonyl (C=O) groups is 1. The lowest BCUT2D eigenvalue weighted by Gasteiger charge is -2.41. The van der Waals surface area contributed by atoms with Crippen molar-refractivity contribution < 1.29 is 4.79 Å². The average molecular weight is 436 g/mol. The number of fused-ring (bicyclic) bond motifs is 2. The number of carbonyl (C=O) groups excluding carboxylic acids is 1. The van der Waals surface area contributed by atoms with Crippen LogP contribution in [0.4, 0.5) is 0 Å². The molecule has 4 fully saturated rings. The summed E-state index contributed by atoms with van der Waals surface area (Å²) in [5.74, 6) is 1.11. The van der Waals surface area contributed by atoms with E-state index >= 15 is 0 Å². The molecular formula is C24H33N7O. The van der Waals surface area contributed by atoms with Crippen LogP contribution >= 0.6 is 0 Å². The van der Waals surface area contributed by atoms with E-state index in [1.165, 1.54) is 31.2 Å². The number of amides is 1. The molecule has 170 valence electrons. The van der Waals surface area contributed by atoms with Crippen molar-refractivity contribution in [3.05, 3.63) is 36.2 Å². The van der Waals surface area contributed by atoms with Gasteiger partial charge in [-0.2, -0.15) is 0 Å². The molecule has 1 saturated carbocycles. The zero-order valence-electron chi connectivity index (χ0n) is 18.7. The van der Waals surface area contributed by atoms with Crippen molar-refractivity contribution >= 4 is 16.9 Å². The topological polar surface area (TPSA) is 85.4 Å². The molecule has 3 saturated heterocycles. The number of benzene rings is 1. The van der Waals surface area contributed by atoms with Gasteiger partial charge in [-0.05, 0) is 36.5 Å². The van der Waals surface area contributed by atoms with Crippen LogP contribution in [-0.4, -0.2) is 63.8 Å². The summed E-state index contributed by atoms with van der Waals surface area (Å²) in [5.41, 5.74) is 6.68. The van der Waals surface area contributed by atoms with Crippen LogP contribution < -0.4 is 16.1 Å². The van der Waals surface area contributed by atoms with Crippen LogP contribution in [0, 0.1) is 17.8 Å². The monoisotopic (exact) mass is 435 g/mol. The molecule has 0 bridgehead atoms. The SMILES string of the molecule is CC1CN(Cc2ccc3nccnc3c2)CC1C1NC(=O)C2CNN(C3CCCC3)C2N1. The van der Waals surface area contributed by atoms with Crippen molar-refractivity contribution in [1.29, 1.82) is 0 Å². The number of hydrogen-bond acceptors (Lipinski definition) is 7. The number of hydrazine groups is 1. The number of nitrogens with one attached hydrogen (secondary N) is 3. The molecule has 1 aromatic carbocycles. The molecule has 5 unspecified atom stereocenters. The second-order valence-electron chi connectivity index (χ2n) is 10.1. The predicted octanol–water partition coefficient (Wildman–Crippen LogP) is 1.45. The Bertz CT molecular complexity index is 993. The van der Waals surface area contributed by atoms with Gasteiger partial charge in [0.2, 0.25) is 5.91 Å². The first-order chi connectivity index (χ1) is 15.7. The number of rotatable bonds is 4. The van der Waals surface area contributed by atoms with Gasteiger partial charge in [0.05, 0.1) is 29.3 Å². The molecule has 32 heavy (non-hydrogen) atoms. The Morgan fingerprint density at radius 2 is 1.91 bits per heavy atom. The first kappa shape index (κ1) is 20.5. The zero-order chi connectivity index (χ0) is 21.7. The van der Waals surface area contributed by atoms with Gasteiger partial charge in [0.25, 0.3) is 0 Å². The summed E-state index contributed by atoms with van der Waals surface area (Å²) in [7, 11) is 0. The van der Waals surface area contributed by atoms with Crippen LogP contribution in [0.2, 0.25) is 0 Å². The Kier molecular flexibility index (Phi) is 5.33. The van der Waals surface area contributed by atoms with Crippen molar-refractivity contribution in [2.75, 3.05) is 19.6 Å². The number of nitrogens with zero attached hydrogens (tertiary/aromatic N) is 4. The average Bonchev–Trinajstić information content (AvgIpc) is 3.53. The Morgan fingerprint density at radius 3 is 2.75 bits per heavy atom. The van der Waals surface area contributed by atoms with Gasteiger partial charge >= 0.3 is 0 Å². The van der Waals surface area contributed by atoms with Crippen LogP contribution in [0.15, 0.2) is 30.6 Å². The summed E-state index contributed by atoms with van der Waals surface area (Å²) in [4.78, 5) is 24.3. The molecule has 6 rings (SSSR count). The molecular weight excluding hydrogens is 402 g/mol. The van der Waals surface area contributed by atoms with E-state index in [1.807, 2.05) is 0 Å². The van der Waals surface area contributed by atoms with Gasteiger partial charge in [-0.25, -0.2) is 5.01 Å². The fraction of sp³-hybridized carbons (Fsp3) is 0.625. The quantitative estimate of drug-likeness (QED) is 0.670. The van der Waals surface area contributed by atoms with E-state index in [4.69, 9.17) is 0 Å². The molecule has 0 radical (unpaired) electrons. The lowest BCUT2D eigenvalue weighted by molar-refractivity contribution is -0.131. The molecule has 1 amide bonds. The van der Waals surface area contributed by atoms with E-state index in [0.717, 1.165) is 37.2 Å². The van der Waals surface area contributed by atoms with Crippen molar-refractivity contribution in [2.24, 2.45) is 17.8 Å². The molecule has 2 aromatic rings. The molecule has 0 spiro atoms. The Hall–Kier alpha value is -2.13. The summed E-state index contributed by atoms with van der Waals surface area (Å²) < 4.78 is 0. The van der Waals surface area contributed by atoms with E-state index in [9.17, 15) is 4.79 Å². The molecule has 8 nitrogen and oxygen atoms in total. The molecule has 1 aliphatic carbocycles. The van der Waals surface area contributed by atoms with Crippen molar-refractivity contribution in [3.63, 3.8) is 0 Å². The highest BCUT2D eigenvalue weighted by Crippen LogP contribution is 2.33. The van der Waals surface area contributed by atoms with Crippen molar-refractivity contribution in [1.82, 2.24) is 35.9 Å². The maximum atomic E-state index is 13.0. The summed E-state index contributed by atoms with van der Waals surface area (Å²) in [6.07, 6.45) is 8.67.